The van der Waals surface area contributed by atoms with Gasteiger partial charge in [-0.25, -0.2) is 0 Å². The highest BCUT2D eigenvalue weighted by Crippen LogP contribution is 2.42. The fraction of sp³-hybridized carbons (Fsp3) is 0.233. The molecule has 0 amide bonds. The second-order valence-corrected chi connectivity index (χ2v) is 9.05. The molecule has 1 aliphatic rings. The van der Waals surface area contributed by atoms with Crippen LogP contribution in [0.1, 0.15) is 16.7 Å². The molecule has 5 nitrogen and oxygen atoms in total. The average Bonchev–Trinajstić information content (AvgIpc) is 2.91. The Morgan fingerprint density at radius 2 is 1.69 bits per heavy atom. The molecule has 3 aromatic carbocycles. The minimum atomic E-state index is 0.423. The first-order valence-electron chi connectivity index (χ1n) is 11.7. The number of aromatic nitrogens is 1. The molecule has 0 unspecified atom stereocenters. The lowest BCUT2D eigenvalue weighted by atomic mass is 9.90. The number of fused-ring (bicyclic) bond motifs is 4. The van der Waals surface area contributed by atoms with Gasteiger partial charge in [-0.05, 0) is 47.5 Å². The van der Waals surface area contributed by atoms with Crippen LogP contribution in [-0.4, -0.2) is 21.3 Å². The molecule has 2 heterocycles. The van der Waals surface area contributed by atoms with Gasteiger partial charge in [0.1, 0.15) is 6.61 Å². The summed E-state index contributed by atoms with van der Waals surface area (Å²) in [6.45, 7) is 1.23. The highest BCUT2D eigenvalue weighted by Gasteiger charge is 2.31. The zero-order chi connectivity index (χ0) is 25.2. The van der Waals surface area contributed by atoms with Crippen molar-refractivity contribution in [2.75, 3.05) is 21.3 Å². The van der Waals surface area contributed by atoms with Crippen molar-refractivity contribution in [1.29, 1.82) is 0 Å². The zero-order valence-corrected chi connectivity index (χ0v) is 21.3. The normalized spacial score (nSPS) is 11.9. The van der Waals surface area contributed by atoms with Gasteiger partial charge < -0.3 is 18.9 Å². The van der Waals surface area contributed by atoms with Gasteiger partial charge >= 0.3 is 0 Å². The highest BCUT2D eigenvalue weighted by atomic mass is 35.5. The van der Waals surface area contributed by atoms with Crippen LogP contribution >= 0.6 is 11.6 Å². The van der Waals surface area contributed by atoms with Crippen molar-refractivity contribution in [2.45, 2.75) is 26.0 Å². The van der Waals surface area contributed by atoms with E-state index in [0.717, 1.165) is 46.1 Å². The third kappa shape index (κ3) is 4.19. The Bertz CT molecular complexity index is 1490. The summed E-state index contributed by atoms with van der Waals surface area (Å²) in [6.07, 6.45) is 9.31. The van der Waals surface area contributed by atoms with Gasteiger partial charge in [0.2, 0.25) is 5.69 Å². The molecular formula is C30H27ClNO4+. The number of rotatable bonds is 7. The Labute approximate surface area is 216 Å². The Balaban J connectivity index is 1.63. The van der Waals surface area contributed by atoms with Gasteiger partial charge in [-0.15, -0.1) is 12.3 Å². The van der Waals surface area contributed by atoms with Crippen LogP contribution in [0.5, 0.6) is 23.0 Å². The van der Waals surface area contributed by atoms with Crippen LogP contribution in [-0.2, 0) is 26.0 Å². The van der Waals surface area contributed by atoms with Gasteiger partial charge in [0, 0.05) is 28.8 Å². The maximum absolute atomic E-state index is 6.17. The summed E-state index contributed by atoms with van der Waals surface area (Å²) in [5, 5.41) is 2.73. The minimum absolute atomic E-state index is 0.423. The first kappa shape index (κ1) is 23.8. The maximum atomic E-state index is 6.17. The van der Waals surface area contributed by atoms with Crippen LogP contribution in [0, 0.1) is 12.3 Å². The predicted octanol–water partition coefficient (Wildman–Crippen LogP) is 5.78. The number of aryl methyl sites for hydroxylation is 2. The fourth-order valence-electron chi connectivity index (χ4n) is 4.92. The van der Waals surface area contributed by atoms with Crippen LogP contribution in [0.4, 0.5) is 0 Å². The Hall–Kier alpha value is -3.88. The highest BCUT2D eigenvalue weighted by molar-refractivity contribution is 6.30. The third-order valence-electron chi connectivity index (χ3n) is 6.62. The molecule has 1 aliphatic heterocycles. The van der Waals surface area contributed by atoms with E-state index in [1.807, 2.05) is 30.3 Å². The average molecular weight is 501 g/mol. The van der Waals surface area contributed by atoms with Crippen LogP contribution in [0.15, 0.2) is 54.7 Å². The van der Waals surface area contributed by atoms with E-state index in [2.05, 4.69) is 34.9 Å². The van der Waals surface area contributed by atoms with E-state index in [-0.39, 0.29) is 0 Å². The number of hydrogen-bond acceptors (Lipinski definition) is 4. The molecule has 36 heavy (non-hydrogen) atoms. The van der Waals surface area contributed by atoms with E-state index in [9.17, 15) is 0 Å². The van der Waals surface area contributed by atoms with Crippen molar-refractivity contribution in [3.05, 3.63) is 76.4 Å². The summed E-state index contributed by atoms with van der Waals surface area (Å²) in [5.41, 5.74) is 5.50. The first-order valence-corrected chi connectivity index (χ1v) is 12.1. The number of pyridine rings is 1. The minimum Gasteiger partial charge on any atom is -0.493 e. The van der Waals surface area contributed by atoms with Gasteiger partial charge in [-0.1, -0.05) is 23.7 Å². The predicted molar refractivity (Wildman–Crippen MR) is 141 cm³/mol. The van der Waals surface area contributed by atoms with Gasteiger partial charge in [0.25, 0.3) is 0 Å². The summed E-state index contributed by atoms with van der Waals surface area (Å²) in [4.78, 5) is 0. The molecule has 0 N–H and O–H groups in total. The van der Waals surface area contributed by atoms with Gasteiger partial charge in [-0.2, -0.15) is 4.57 Å². The van der Waals surface area contributed by atoms with E-state index in [4.69, 9.17) is 37.0 Å². The quantitative estimate of drug-likeness (QED) is 0.238. The molecular weight excluding hydrogens is 474 g/mol. The number of methoxy groups -OCH3 is 3. The molecule has 0 bridgehead atoms. The van der Waals surface area contributed by atoms with Crippen LogP contribution in [0.25, 0.3) is 22.0 Å². The zero-order valence-electron chi connectivity index (χ0n) is 20.6. The molecule has 4 aromatic rings. The van der Waals surface area contributed by atoms with E-state index in [1.165, 1.54) is 5.56 Å². The number of hydrogen-bond donors (Lipinski definition) is 0. The molecule has 1 aromatic heterocycles. The standard InChI is InChI=1S/C30H27ClNO4/c1-5-6-23-22-11-12-26(33-2)30(35-4)25(22)17-32-14-13-20-15-28(27(34-3)16-24(20)29(23)32)36-18-19-7-9-21(31)10-8-19/h1,7-12,15-17H,6,13-14,18H2,2-4H3/q+1. The second-order valence-electron chi connectivity index (χ2n) is 8.62. The summed E-state index contributed by atoms with van der Waals surface area (Å²) < 4.78 is 25.5. The van der Waals surface area contributed by atoms with Crippen molar-refractivity contribution in [2.24, 2.45) is 0 Å². The van der Waals surface area contributed by atoms with Crippen LogP contribution in [0.3, 0.4) is 0 Å². The number of benzene rings is 3. The summed E-state index contributed by atoms with van der Waals surface area (Å²) in [5.74, 6) is 5.64. The monoisotopic (exact) mass is 500 g/mol. The van der Waals surface area contributed by atoms with Gasteiger partial charge in [0.05, 0.1) is 32.3 Å². The van der Waals surface area contributed by atoms with E-state index >= 15 is 0 Å². The van der Waals surface area contributed by atoms with Crippen LogP contribution in [0.2, 0.25) is 5.02 Å². The largest absolute Gasteiger partial charge is 0.493 e. The van der Waals surface area contributed by atoms with Crippen molar-refractivity contribution in [3.8, 4) is 46.6 Å². The van der Waals surface area contributed by atoms with Crippen molar-refractivity contribution in [3.63, 3.8) is 0 Å². The second kappa shape index (κ2) is 10.0. The van der Waals surface area contributed by atoms with Crippen molar-refractivity contribution < 1.29 is 23.5 Å². The fourth-order valence-corrected chi connectivity index (χ4v) is 5.05. The Kier molecular flexibility index (Phi) is 6.63. The van der Waals surface area contributed by atoms with Gasteiger partial charge in [0.15, 0.2) is 35.7 Å². The van der Waals surface area contributed by atoms with E-state index in [0.29, 0.717) is 41.0 Å². The number of terminal acetylenes is 1. The molecule has 0 radical (unpaired) electrons. The molecule has 0 saturated heterocycles. The number of ether oxygens (including phenoxy) is 4. The first-order chi connectivity index (χ1) is 17.6. The van der Waals surface area contributed by atoms with E-state index in [1.54, 1.807) is 21.3 Å². The molecule has 6 heteroatoms. The molecule has 182 valence electrons. The lowest BCUT2D eigenvalue weighted by Gasteiger charge is -2.22. The molecule has 0 fully saturated rings. The summed E-state index contributed by atoms with van der Waals surface area (Å²) in [7, 11) is 4.97. The molecule has 0 aliphatic carbocycles. The van der Waals surface area contributed by atoms with Crippen LogP contribution < -0.4 is 23.5 Å². The molecule has 0 atom stereocenters. The Morgan fingerprint density at radius 1 is 0.917 bits per heavy atom. The smallest absolute Gasteiger partial charge is 0.217 e. The van der Waals surface area contributed by atoms with Crippen molar-refractivity contribution in [1.82, 2.24) is 0 Å². The topological polar surface area (TPSA) is 40.8 Å². The number of nitrogens with zero attached hydrogens (tertiary/aromatic N) is 1. The van der Waals surface area contributed by atoms with Crippen molar-refractivity contribution >= 4 is 22.4 Å². The lowest BCUT2D eigenvalue weighted by molar-refractivity contribution is -0.686. The Morgan fingerprint density at radius 3 is 2.39 bits per heavy atom. The molecule has 0 spiro atoms. The van der Waals surface area contributed by atoms with Gasteiger partial charge in [-0.3, -0.25) is 0 Å². The maximum Gasteiger partial charge on any atom is 0.217 e. The molecule has 0 saturated carbocycles. The van der Waals surface area contributed by atoms with E-state index < -0.39 is 0 Å². The third-order valence-corrected chi connectivity index (χ3v) is 6.87. The molecule has 5 rings (SSSR count). The summed E-state index contributed by atoms with van der Waals surface area (Å²) >= 11 is 6.01. The summed E-state index contributed by atoms with van der Waals surface area (Å²) in [6, 6.07) is 15.8. The lowest BCUT2D eigenvalue weighted by Crippen LogP contribution is -2.41. The SMILES string of the molecule is C#CCc1c2[n+](cc3c(OC)c(OC)ccc13)CCc1cc(OCc3ccc(Cl)cc3)c(OC)cc1-2. The number of halogens is 1.